The Balaban J connectivity index is 2.15. The molecular formula is C13H12O4. The van der Waals surface area contributed by atoms with E-state index in [0.29, 0.717) is 13.2 Å². The molecule has 0 atom stereocenters. The van der Waals surface area contributed by atoms with Gasteiger partial charge in [0.05, 0.1) is 20.3 Å². The lowest BCUT2D eigenvalue weighted by Gasteiger charge is -2.08. The van der Waals surface area contributed by atoms with E-state index in [9.17, 15) is 4.79 Å². The summed E-state index contributed by atoms with van der Waals surface area (Å²) >= 11 is 0. The predicted molar refractivity (Wildman–Crippen MR) is 60.0 cm³/mol. The van der Waals surface area contributed by atoms with Crippen LogP contribution < -0.4 is 0 Å². The van der Waals surface area contributed by atoms with E-state index in [2.05, 4.69) is 16.6 Å². The molecule has 1 heterocycles. The maximum atomic E-state index is 10.9. The Morgan fingerprint density at radius 2 is 2.18 bits per heavy atom. The van der Waals surface area contributed by atoms with Gasteiger partial charge in [-0.1, -0.05) is 18.1 Å². The van der Waals surface area contributed by atoms with Crippen molar-refractivity contribution >= 4 is 5.97 Å². The van der Waals surface area contributed by atoms with E-state index in [1.165, 1.54) is 7.11 Å². The summed E-state index contributed by atoms with van der Waals surface area (Å²) in [5.41, 5.74) is 1.63. The van der Waals surface area contributed by atoms with Gasteiger partial charge in [-0.3, -0.25) is 0 Å². The van der Waals surface area contributed by atoms with Gasteiger partial charge in [0.2, 0.25) is 0 Å². The normalized spacial score (nSPS) is 15.1. The van der Waals surface area contributed by atoms with E-state index in [0.717, 1.165) is 11.1 Å². The number of ether oxygens (including phenoxy) is 3. The van der Waals surface area contributed by atoms with Crippen LogP contribution in [0, 0.1) is 11.8 Å². The molecule has 1 aromatic rings. The lowest BCUT2D eigenvalue weighted by molar-refractivity contribution is -0.133. The van der Waals surface area contributed by atoms with Crippen molar-refractivity contribution in [1.29, 1.82) is 0 Å². The molecule has 2 rings (SSSR count). The van der Waals surface area contributed by atoms with Crippen molar-refractivity contribution < 1.29 is 19.0 Å². The number of benzene rings is 1. The van der Waals surface area contributed by atoms with Crippen LogP contribution in [0.4, 0.5) is 0 Å². The molecule has 0 aliphatic carbocycles. The van der Waals surface area contributed by atoms with E-state index in [1.54, 1.807) is 0 Å². The summed E-state index contributed by atoms with van der Waals surface area (Å²) in [6.07, 6.45) is -0.324. The minimum absolute atomic E-state index is 0.324. The molecule has 1 aliphatic heterocycles. The number of carbonyl (C=O) groups excluding carboxylic acids is 1. The van der Waals surface area contributed by atoms with Gasteiger partial charge in [-0.2, -0.15) is 0 Å². The molecule has 1 aromatic carbocycles. The van der Waals surface area contributed by atoms with Crippen molar-refractivity contribution in [3.8, 4) is 11.8 Å². The molecule has 88 valence electrons. The third-order valence-corrected chi connectivity index (χ3v) is 2.27. The van der Waals surface area contributed by atoms with Gasteiger partial charge < -0.3 is 14.2 Å². The summed E-state index contributed by atoms with van der Waals surface area (Å²) in [6, 6.07) is 7.40. The van der Waals surface area contributed by atoms with E-state index < -0.39 is 5.97 Å². The molecule has 0 saturated carbocycles. The molecule has 0 bridgehead atoms. The Labute approximate surface area is 99.5 Å². The third kappa shape index (κ3) is 3.06. The third-order valence-electron chi connectivity index (χ3n) is 2.27. The zero-order valence-corrected chi connectivity index (χ0v) is 9.43. The summed E-state index contributed by atoms with van der Waals surface area (Å²) in [5, 5.41) is 0. The second-order valence-corrected chi connectivity index (χ2v) is 3.44. The molecule has 0 aromatic heterocycles. The van der Waals surface area contributed by atoms with Crippen molar-refractivity contribution in [2.75, 3.05) is 20.3 Å². The van der Waals surface area contributed by atoms with E-state index >= 15 is 0 Å². The molecule has 0 radical (unpaired) electrons. The zero-order chi connectivity index (χ0) is 12.1. The van der Waals surface area contributed by atoms with Crippen molar-refractivity contribution in [2.45, 2.75) is 6.29 Å². The average Bonchev–Trinajstić information content (AvgIpc) is 2.90. The molecule has 4 heteroatoms. The van der Waals surface area contributed by atoms with Crippen LogP contribution in [-0.4, -0.2) is 26.3 Å². The number of rotatable bonds is 1. The smallest absolute Gasteiger partial charge is 0.384 e. The maximum Gasteiger partial charge on any atom is 0.384 e. The van der Waals surface area contributed by atoms with Gasteiger partial charge in [-0.15, -0.1) is 0 Å². The lowest BCUT2D eigenvalue weighted by atomic mass is 10.1. The van der Waals surface area contributed by atoms with Crippen LogP contribution >= 0.6 is 0 Å². The summed E-state index contributed by atoms with van der Waals surface area (Å²) in [6.45, 7) is 1.20. The topological polar surface area (TPSA) is 44.8 Å². The first-order chi connectivity index (χ1) is 8.29. The van der Waals surface area contributed by atoms with Gasteiger partial charge in [0.15, 0.2) is 6.29 Å². The van der Waals surface area contributed by atoms with Gasteiger partial charge in [-0.05, 0) is 12.1 Å². The molecule has 0 amide bonds. The first-order valence-corrected chi connectivity index (χ1v) is 5.23. The zero-order valence-electron chi connectivity index (χ0n) is 9.43. The highest BCUT2D eigenvalue weighted by Gasteiger charge is 2.17. The largest absolute Gasteiger partial charge is 0.459 e. The molecule has 0 N–H and O–H groups in total. The van der Waals surface area contributed by atoms with E-state index in [1.807, 2.05) is 24.3 Å². The van der Waals surface area contributed by atoms with Crippen molar-refractivity contribution in [1.82, 2.24) is 0 Å². The number of methoxy groups -OCH3 is 1. The Bertz CT molecular complexity index is 464. The van der Waals surface area contributed by atoms with Crippen LogP contribution in [0.15, 0.2) is 24.3 Å². The molecule has 1 saturated heterocycles. The number of hydrogen-bond acceptors (Lipinski definition) is 4. The predicted octanol–water partition coefficient (Wildman–Crippen LogP) is 1.26. The van der Waals surface area contributed by atoms with Gasteiger partial charge >= 0.3 is 5.97 Å². The van der Waals surface area contributed by atoms with Crippen LogP contribution in [-0.2, 0) is 19.0 Å². The van der Waals surface area contributed by atoms with Gasteiger partial charge in [0.1, 0.15) is 0 Å². The van der Waals surface area contributed by atoms with Crippen LogP contribution in [0.2, 0.25) is 0 Å². The quantitative estimate of drug-likeness (QED) is 0.540. The molecule has 0 spiro atoms. The van der Waals surface area contributed by atoms with Crippen molar-refractivity contribution in [3.63, 3.8) is 0 Å². The number of carbonyl (C=O) groups is 1. The molecule has 1 fully saturated rings. The summed E-state index contributed by atoms with van der Waals surface area (Å²) in [5.74, 6) is 4.55. The standard InChI is InChI=1S/C13H12O4/c1-15-12(14)6-5-10-3-2-4-11(9-10)13-16-7-8-17-13/h2-4,9,13H,7-8H2,1H3. The summed E-state index contributed by atoms with van der Waals surface area (Å²) in [7, 11) is 1.30. The Morgan fingerprint density at radius 1 is 1.41 bits per heavy atom. The van der Waals surface area contributed by atoms with Crippen molar-refractivity contribution in [2.24, 2.45) is 0 Å². The highest BCUT2D eigenvalue weighted by atomic mass is 16.7. The fraction of sp³-hybridized carbons (Fsp3) is 0.308. The first-order valence-electron chi connectivity index (χ1n) is 5.23. The molecule has 1 aliphatic rings. The van der Waals surface area contributed by atoms with Gasteiger partial charge in [0.25, 0.3) is 0 Å². The summed E-state index contributed by atoms with van der Waals surface area (Å²) < 4.78 is 15.2. The fourth-order valence-electron chi connectivity index (χ4n) is 1.49. The summed E-state index contributed by atoms with van der Waals surface area (Å²) in [4.78, 5) is 10.9. The second kappa shape index (κ2) is 5.48. The van der Waals surface area contributed by atoms with E-state index in [4.69, 9.17) is 9.47 Å². The first kappa shape index (κ1) is 11.6. The van der Waals surface area contributed by atoms with Crippen molar-refractivity contribution in [3.05, 3.63) is 35.4 Å². The van der Waals surface area contributed by atoms with E-state index in [-0.39, 0.29) is 6.29 Å². The highest BCUT2D eigenvalue weighted by Crippen LogP contribution is 2.23. The fourth-order valence-corrected chi connectivity index (χ4v) is 1.49. The minimum Gasteiger partial charge on any atom is -0.459 e. The molecule has 4 nitrogen and oxygen atoms in total. The Hall–Kier alpha value is -1.83. The SMILES string of the molecule is COC(=O)C#Cc1cccc(C2OCCO2)c1. The molecule has 17 heavy (non-hydrogen) atoms. The van der Waals surface area contributed by atoms with Gasteiger partial charge in [-0.25, -0.2) is 4.79 Å². The maximum absolute atomic E-state index is 10.9. The lowest BCUT2D eigenvalue weighted by Crippen LogP contribution is -1.98. The van der Waals surface area contributed by atoms with Crippen LogP contribution in [0.3, 0.4) is 0 Å². The van der Waals surface area contributed by atoms with Crippen LogP contribution in [0.1, 0.15) is 17.4 Å². The van der Waals surface area contributed by atoms with Gasteiger partial charge in [0, 0.05) is 17.0 Å². The second-order valence-electron chi connectivity index (χ2n) is 3.44. The highest BCUT2D eigenvalue weighted by molar-refractivity contribution is 5.88. The van der Waals surface area contributed by atoms with Crippen LogP contribution in [0.25, 0.3) is 0 Å². The Kier molecular flexibility index (Phi) is 3.76. The number of hydrogen-bond donors (Lipinski definition) is 0. The molecular weight excluding hydrogens is 220 g/mol. The Morgan fingerprint density at radius 3 is 2.88 bits per heavy atom. The number of esters is 1. The monoisotopic (exact) mass is 232 g/mol. The molecule has 0 unspecified atom stereocenters. The average molecular weight is 232 g/mol. The minimum atomic E-state index is -0.552. The van der Waals surface area contributed by atoms with Crippen LogP contribution in [0.5, 0.6) is 0 Å².